The second kappa shape index (κ2) is 5.19. The van der Waals surface area contributed by atoms with Gasteiger partial charge in [-0.1, -0.05) is 37.3 Å². The molecular formula is C15H19NO. The largest absolute Gasteiger partial charge is 0.508 e. The normalized spacial score (nSPS) is 11.2. The highest BCUT2D eigenvalue weighted by Gasteiger charge is 2.07. The topological polar surface area (TPSA) is 23.5 Å². The third kappa shape index (κ3) is 2.59. The molecule has 2 aromatic carbocycles. The Balaban J connectivity index is 2.34. The molecule has 2 aromatic rings. The van der Waals surface area contributed by atoms with E-state index in [-0.39, 0.29) is 0 Å². The lowest BCUT2D eigenvalue weighted by molar-refractivity contribution is 0.355. The highest BCUT2D eigenvalue weighted by molar-refractivity contribution is 5.87. The molecular weight excluding hydrogens is 210 g/mol. The summed E-state index contributed by atoms with van der Waals surface area (Å²) in [6.07, 6.45) is 0.886. The van der Waals surface area contributed by atoms with E-state index < -0.39 is 0 Å². The quantitative estimate of drug-likeness (QED) is 0.871. The van der Waals surface area contributed by atoms with Gasteiger partial charge >= 0.3 is 0 Å². The molecule has 0 bridgehead atoms. The number of nitrogens with zero attached hydrogens (tertiary/aromatic N) is 1. The van der Waals surface area contributed by atoms with Crippen LogP contribution in [0.1, 0.15) is 12.5 Å². The number of aromatic hydroxyl groups is 1. The van der Waals surface area contributed by atoms with Gasteiger partial charge in [0.2, 0.25) is 0 Å². The van der Waals surface area contributed by atoms with E-state index in [4.69, 9.17) is 0 Å². The summed E-state index contributed by atoms with van der Waals surface area (Å²) in [7, 11) is 2.10. The highest BCUT2D eigenvalue weighted by Crippen LogP contribution is 2.27. The molecule has 0 atom stereocenters. The monoisotopic (exact) mass is 229 g/mol. The Kier molecular flexibility index (Phi) is 3.64. The summed E-state index contributed by atoms with van der Waals surface area (Å²) in [6, 6.07) is 12.0. The van der Waals surface area contributed by atoms with Crippen LogP contribution in [0.3, 0.4) is 0 Å². The van der Waals surface area contributed by atoms with Gasteiger partial charge in [-0.3, -0.25) is 0 Å². The van der Waals surface area contributed by atoms with Gasteiger partial charge in [-0.25, -0.2) is 0 Å². The lowest BCUT2D eigenvalue weighted by Crippen LogP contribution is -2.20. The Morgan fingerprint density at radius 3 is 2.65 bits per heavy atom. The van der Waals surface area contributed by atoms with Crippen molar-refractivity contribution in [3.63, 3.8) is 0 Å². The molecule has 0 saturated carbocycles. The average Bonchev–Trinajstić information content (AvgIpc) is 2.37. The zero-order chi connectivity index (χ0) is 12.3. The summed E-state index contributed by atoms with van der Waals surface area (Å²) >= 11 is 0. The fourth-order valence-electron chi connectivity index (χ4n) is 2.05. The summed E-state index contributed by atoms with van der Waals surface area (Å²) in [6.45, 7) is 4.15. The number of benzene rings is 2. The Hall–Kier alpha value is -1.54. The maximum Gasteiger partial charge on any atom is 0.119 e. The fraction of sp³-hybridized carbons (Fsp3) is 0.333. The van der Waals surface area contributed by atoms with Crippen LogP contribution in [0.15, 0.2) is 36.4 Å². The van der Waals surface area contributed by atoms with Crippen molar-refractivity contribution in [1.82, 2.24) is 4.90 Å². The van der Waals surface area contributed by atoms with E-state index in [0.29, 0.717) is 5.75 Å². The smallest absolute Gasteiger partial charge is 0.119 e. The third-order valence-corrected chi connectivity index (χ3v) is 3.30. The zero-order valence-corrected chi connectivity index (χ0v) is 10.5. The van der Waals surface area contributed by atoms with Gasteiger partial charge in [0, 0.05) is 12.1 Å². The van der Waals surface area contributed by atoms with Crippen LogP contribution in [0.25, 0.3) is 10.8 Å². The van der Waals surface area contributed by atoms with Crippen LogP contribution in [0, 0.1) is 0 Å². The second-order valence-electron chi connectivity index (χ2n) is 4.43. The molecule has 0 unspecified atom stereocenters. The van der Waals surface area contributed by atoms with Crippen molar-refractivity contribution in [2.75, 3.05) is 20.1 Å². The van der Waals surface area contributed by atoms with E-state index >= 15 is 0 Å². The van der Waals surface area contributed by atoms with E-state index in [1.54, 1.807) is 6.07 Å². The number of fused-ring (bicyclic) bond motifs is 1. The fourth-order valence-corrected chi connectivity index (χ4v) is 2.05. The Labute approximate surface area is 102 Å². The molecule has 17 heavy (non-hydrogen) atoms. The molecule has 0 aromatic heterocycles. The molecule has 0 radical (unpaired) electrons. The molecule has 2 rings (SSSR count). The standard InChI is InChI=1S/C15H19NO/c1-3-16(2)11-10-14-13-7-5-4-6-12(13)8-9-15(14)17/h4-9,17H,3,10-11H2,1-2H3. The lowest BCUT2D eigenvalue weighted by atomic mass is 10.0. The number of likely N-dealkylation sites (N-methyl/N-ethyl adjacent to an activating group) is 1. The van der Waals surface area contributed by atoms with Gasteiger partial charge in [0.05, 0.1) is 0 Å². The molecule has 0 heterocycles. The van der Waals surface area contributed by atoms with Crippen molar-refractivity contribution >= 4 is 10.8 Å². The molecule has 0 spiro atoms. The van der Waals surface area contributed by atoms with Crippen molar-refractivity contribution in [2.45, 2.75) is 13.3 Å². The molecule has 90 valence electrons. The second-order valence-corrected chi connectivity index (χ2v) is 4.43. The molecule has 0 aliphatic rings. The summed E-state index contributed by atoms with van der Waals surface area (Å²) in [5.41, 5.74) is 1.06. The van der Waals surface area contributed by atoms with E-state index in [0.717, 1.165) is 30.5 Å². The van der Waals surface area contributed by atoms with Crippen LogP contribution < -0.4 is 0 Å². The number of hydrogen-bond acceptors (Lipinski definition) is 2. The minimum absolute atomic E-state index is 0.410. The Morgan fingerprint density at radius 2 is 1.88 bits per heavy atom. The predicted molar refractivity (Wildman–Crippen MR) is 72.5 cm³/mol. The summed E-state index contributed by atoms with van der Waals surface area (Å²) in [4.78, 5) is 2.25. The minimum Gasteiger partial charge on any atom is -0.508 e. The molecule has 2 heteroatoms. The predicted octanol–water partition coefficient (Wildman–Crippen LogP) is 3.04. The van der Waals surface area contributed by atoms with Gasteiger partial charge < -0.3 is 10.0 Å². The van der Waals surface area contributed by atoms with Crippen molar-refractivity contribution in [2.24, 2.45) is 0 Å². The third-order valence-electron chi connectivity index (χ3n) is 3.30. The molecule has 0 amide bonds. The Bertz CT molecular complexity index is 507. The first-order valence-corrected chi connectivity index (χ1v) is 6.10. The van der Waals surface area contributed by atoms with Gasteiger partial charge in [0.15, 0.2) is 0 Å². The summed E-state index contributed by atoms with van der Waals surface area (Å²) in [5, 5.41) is 12.3. The van der Waals surface area contributed by atoms with Crippen LogP contribution in [-0.4, -0.2) is 30.1 Å². The van der Waals surface area contributed by atoms with Gasteiger partial charge in [-0.15, -0.1) is 0 Å². The van der Waals surface area contributed by atoms with Crippen molar-refractivity contribution in [3.05, 3.63) is 42.0 Å². The van der Waals surface area contributed by atoms with Crippen LogP contribution >= 0.6 is 0 Å². The molecule has 0 aliphatic carbocycles. The summed E-state index contributed by atoms with van der Waals surface area (Å²) in [5.74, 6) is 0.410. The first-order chi connectivity index (χ1) is 8.22. The highest BCUT2D eigenvalue weighted by atomic mass is 16.3. The van der Waals surface area contributed by atoms with E-state index in [2.05, 4.69) is 31.0 Å². The van der Waals surface area contributed by atoms with Crippen LogP contribution in [0.5, 0.6) is 5.75 Å². The lowest BCUT2D eigenvalue weighted by Gasteiger charge is -2.15. The first-order valence-electron chi connectivity index (χ1n) is 6.10. The Morgan fingerprint density at radius 1 is 1.12 bits per heavy atom. The number of phenolic OH excluding ortho intramolecular Hbond substituents is 1. The van der Waals surface area contributed by atoms with E-state index in [9.17, 15) is 5.11 Å². The zero-order valence-electron chi connectivity index (χ0n) is 10.5. The maximum atomic E-state index is 9.98. The SMILES string of the molecule is CCN(C)CCc1c(O)ccc2ccccc12. The number of rotatable bonds is 4. The van der Waals surface area contributed by atoms with Crippen molar-refractivity contribution in [3.8, 4) is 5.75 Å². The van der Waals surface area contributed by atoms with Crippen molar-refractivity contribution < 1.29 is 5.11 Å². The van der Waals surface area contributed by atoms with Crippen LogP contribution in [0.4, 0.5) is 0 Å². The average molecular weight is 229 g/mol. The maximum absolute atomic E-state index is 9.98. The van der Waals surface area contributed by atoms with Crippen LogP contribution in [0.2, 0.25) is 0 Å². The molecule has 2 nitrogen and oxygen atoms in total. The van der Waals surface area contributed by atoms with Gasteiger partial charge in [0.1, 0.15) is 5.75 Å². The van der Waals surface area contributed by atoms with Gasteiger partial charge in [-0.05, 0) is 36.9 Å². The van der Waals surface area contributed by atoms with Crippen LogP contribution in [-0.2, 0) is 6.42 Å². The molecule has 1 N–H and O–H groups in total. The number of hydrogen-bond donors (Lipinski definition) is 1. The first kappa shape index (κ1) is 11.9. The van der Waals surface area contributed by atoms with Crippen molar-refractivity contribution in [1.29, 1.82) is 0 Å². The van der Waals surface area contributed by atoms with Gasteiger partial charge in [-0.2, -0.15) is 0 Å². The summed E-state index contributed by atoms with van der Waals surface area (Å²) < 4.78 is 0. The van der Waals surface area contributed by atoms with E-state index in [1.807, 2.05) is 18.2 Å². The molecule has 0 saturated heterocycles. The minimum atomic E-state index is 0.410. The van der Waals surface area contributed by atoms with Gasteiger partial charge in [0.25, 0.3) is 0 Å². The van der Waals surface area contributed by atoms with E-state index in [1.165, 1.54) is 5.39 Å². The molecule has 0 fully saturated rings. The molecule has 0 aliphatic heterocycles. The number of phenols is 1.